The van der Waals surface area contributed by atoms with Crippen LogP contribution in [-0.2, 0) is 0 Å². The first-order valence-corrected chi connectivity index (χ1v) is 7.68. The first kappa shape index (κ1) is 15.6. The van der Waals surface area contributed by atoms with Gasteiger partial charge in [0.25, 0.3) is 5.69 Å². The van der Waals surface area contributed by atoms with Crippen molar-refractivity contribution in [3.63, 3.8) is 0 Å². The van der Waals surface area contributed by atoms with Crippen LogP contribution in [0.5, 0.6) is 0 Å². The van der Waals surface area contributed by atoms with Crippen LogP contribution >= 0.6 is 11.3 Å². The predicted octanol–water partition coefficient (Wildman–Crippen LogP) is 3.76. The topological polar surface area (TPSA) is 110 Å². The van der Waals surface area contributed by atoms with E-state index in [9.17, 15) is 14.9 Å². The summed E-state index contributed by atoms with van der Waals surface area (Å²) >= 11 is 1.39. The molecule has 120 valence electrons. The molecule has 0 bridgehead atoms. The molecule has 0 aliphatic rings. The first-order chi connectivity index (χ1) is 11.6. The molecular weight excluding hydrogens is 330 g/mol. The molecule has 0 spiro atoms. The molecule has 8 nitrogen and oxygen atoms in total. The SMILES string of the molecule is O=C(Nc1ccc([N+](=O)[O-])cc1)Nc1csc(-c2cccnc2)n1. The zero-order valence-corrected chi connectivity index (χ0v) is 13.0. The molecule has 3 rings (SSSR count). The average molecular weight is 341 g/mol. The standard InChI is InChI=1S/C15H11N5O3S/c21-15(17-11-3-5-12(6-4-11)20(22)23)19-13-9-24-14(18-13)10-2-1-7-16-8-10/h1-9H,(H2,17,19,21). The quantitative estimate of drug-likeness (QED) is 0.554. The third-order valence-electron chi connectivity index (χ3n) is 2.99. The van der Waals surface area contributed by atoms with E-state index in [1.807, 2.05) is 12.1 Å². The van der Waals surface area contributed by atoms with Crippen molar-refractivity contribution in [1.82, 2.24) is 9.97 Å². The van der Waals surface area contributed by atoms with Gasteiger partial charge in [0.15, 0.2) is 0 Å². The van der Waals surface area contributed by atoms with Crippen molar-refractivity contribution in [2.45, 2.75) is 0 Å². The molecule has 0 aliphatic heterocycles. The smallest absolute Gasteiger partial charge is 0.308 e. The van der Waals surface area contributed by atoms with Gasteiger partial charge in [-0.1, -0.05) is 0 Å². The van der Waals surface area contributed by atoms with Crippen molar-refractivity contribution in [1.29, 1.82) is 0 Å². The Hall–Kier alpha value is -3.33. The second-order valence-electron chi connectivity index (χ2n) is 4.66. The fraction of sp³-hybridized carbons (Fsp3) is 0. The Labute approximate surface area is 140 Å². The van der Waals surface area contributed by atoms with Gasteiger partial charge in [0.1, 0.15) is 10.8 Å². The van der Waals surface area contributed by atoms with E-state index >= 15 is 0 Å². The normalized spacial score (nSPS) is 10.2. The second kappa shape index (κ2) is 6.84. The van der Waals surface area contributed by atoms with E-state index in [-0.39, 0.29) is 5.69 Å². The van der Waals surface area contributed by atoms with E-state index in [0.717, 1.165) is 10.6 Å². The van der Waals surface area contributed by atoms with Gasteiger partial charge in [-0.3, -0.25) is 20.4 Å². The molecule has 0 fully saturated rings. The van der Waals surface area contributed by atoms with Gasteiger partial charge in [0.2, 0.25) is 0 Å². The number of aromatic nitrogens is 2. The van der Waals surface area contributed by atoms with Gasteiger partial charge < -0.3 is 5.32 Å². The van der Waals surface area contributed by atoms with Crippen molar-refractivity contribution in [2.24, 2.45) is 0 Å². The monoisotopic (exact) mass is 341 g/mol. The Morgan fingerprint density at radius 2 is 1.96 bits per heavy atom. The van der Waals surface area contributed by atoms with Crippen LogP contribution in [0.3, 0.4) is 0 Å². The number of benzene rings is 1. The van der Waals surface area contributed by atoms with Crippen LogP contribution in [0.15, 0.2) is 54.2 Å². The molecule has 24 heavy (non-hydrogen) atoms. The molecule has 0 aliphatic carbocycles. The van der Waals surface area contributed by atoms with Gasteiger partial charge in [-0.2, -0.15) is 0 Å². The van der Waals surface area contributed by atoms with Crippen molar-refractivity contribution in [3.8, 4) is 10.6 Å². The number of nitrogens with zero attached hydrogens (tertiary/aromatic N) is 3. The molecule has 0 saturated carbocycles. The average Bonchev–Trinajstić information content (AvgIpc) is 3.04. The molecule has 2 aromatic heterocycles. The summed E-state index contributed by atoms with van der Waals surface area (Å²) in [5.74, 6) is 0.415. The zero-order valence-electron chi connectivity index (χ0n) is 12.2. The fourth-order valence-electron chi connectivity index (χ4n) is 1.90. The Kier molecular flexibility index (Phi) is 4.43. The highest BCUT2D eigenvalue weighted by molar-refractivity contribution is 7.13. The number of non-ortho nitro benzene ring substituents is 1. The van der Waals surface area contributed by atoms with E-state index in [2.05, 4.69) is 20.6 Å². The second-order valence-corrected chi connectivity index (χ2v) is 5.52. The van der Waals surface area contributed by atoms with Crippen molar-refractivity contribution in [3.05, 3.63) is 64.3 Å². The third kappa shape index (κ3) is 3.70. The van der Waals surface area contributed by atoms with Crippen molar-refractivity contribution in [2.75, 3.05) is 10.6 Å². The summed E-state index contributed by atoms with van der Waals surface area (Å²) in [5, 5.41) is 18.3. The van der Waals surface area contributed by atoms with Crippen LogP contribution < -0.4 is 10.6 Å². The molecule has 0 radical (unpaired) electrons. The molecule has 2 heterocycles. The molecule has 1 aromatic carbocycles. The van der Waals surface area contributed by atoms with Gasteiger partial charge in [-0.25, -0.2) is 9.78 Å². The highest BCUT2D eigenvalue weighted by Gasteiger charge is 2.09. The van der Waals surface area contributed by atoms with Crippen LogP contribution in [0, 0.1) is 10.1 Å². The highest BCUT2D eigenvalue weighted by Crippen LogP contribution is 2.25. The number of carbonyl (C=O) groups is 1. The minimum Gasteiger partial charge on any atom is -0.308 e. The number of nitrogens with one attached hydrogen (secondary N) is 2. The summed E-state index contributed by atoms with van der Waals surface area (Å²) in [4.78, 5) is 30.4. The van der Waals surface area contributed by atoms with E-state index in [1.54, 1.807) is 17.8 Å². The summed E-state index contributed by atoms with van der Waals surface area (Å²) in [6.07, 6.45) is 3.37. The number of anilines is 2. The number of carbonyl (C=O) groups excluding carboxylic acids is 1. The Balaban J connectivity index is 1.63. The summed E-state index contributed by atoms with van der Waals surface area (Å²) < 4.78 is 0. The molecular formula is C15H11N5O3S. The van der Waals surface area contributed by atoms with Crippen LogP contribution in [0.1, 0.15) is 0 Å². The van der Waals surface area contributed by atoms with Gasteiger partial charge in [-0.15, -0.1) is 11.3 Å². The minimum absolute atomic E-state index is 0.0402. The number of urea groups is 1. The number of rotatable bonds is 4. The van der Waals surface area contributed by atoms with E-state index < -0.39 is 11.0 Å². The minimum atomic E-state index is -0.501. The largest absolute Gasteiger partial charge is 0.324 e. The summed E-state index contributed by atoms with van der Waals surface area (Å²) in [6.45, 7) is 0. The molecule has 0 saturated heterocycles. The lowest BCUT2D eigenvalue weighted by Gasteiger charge is -2.05. The van der Waals surface area contributed by atoms with Gasteiger partial charge in [0.05, 0.1) is 4.92 Å². The maximum atomic E-state index is 11.9. The lowest BCUT2D eigenvalue weighted by molar-refractivity contribution is -0.384. The van der Waals surface area contributed by atoms with Crippen molar-refractivity contribution >= 4 is 34.6 Å². The molecule has 2 N–H and O–H groups in total. The number of nitro benzene ring substituents is 1. The maximum absolute atomic E-state index is 11.9. The van der Waals surface area contributed by atoms with Crippen LogP contribution in [-0.4, -0.2) is 20.9 Å². The third-order valence-corrected chi connectivity index (χ3v) is 3.88. The molecule has 2 amide bonds. The van der Waals surface area contributed by atoms with Gasteiger partial charge >= 0.3 is 6.03 Å². The Morgan fingerprint density at radius 3 is 2.62 bits per heavy atom. The number of hydrogen-bond donors (Lipinski definition) is 2. The number of amides is 2. The number of hydrogen-bond acceptors (Lipinski definition) is 6. The predicted molar refractivity (Wildman–Crippen MR) is 91.1 cm³/mol. The molecule has 3 aromatic rings. The number of nitro groups is 1. The van der Waals surface area contributed by atoms with Crippen LogP contribution in [0.4, 0.5) is 22.0 Å². The number of thiazole rings is 1. The maximum Gasteiger partial charge on any atom is 0.324 e. The summed E-state index contributed by atoms with van der Waals surface area (Å²) in [7, 11) is 0. The Morgan fingerprint density at radius 1 is 1.17 bits per heavy atom. The van der Waals surface area contributed by atoms with Gasteiger partial charge in [-0.05, 0) is 24.3 Å². The fourth-order valence-corrected chi connectivity index (χ4v) is 2.64. The zero-order chi connectivity index (χ0) is 16.9. The van der Waals surface area contributed by atoms with E-state index in [0.29, 0.717) is 11.5 Å². The molecule has 0 atom stereocenters. The van der Waals surface area contributed by atoms with E-state index in [4.69, 9.17) is 0 Å². The Bertz CT molecular complexity index is 864. The summed E-state index contributed by atoms with van der Waals surface area (Å²) in [6, 6.07) is 8.77. The molecule has 0 unspecified atom stereocenters. The lowest BCUT2D eigenvalue weighted by atomic mass is 10.3. The first-order valence-electron chi connectivity index (χ1n) is 6.80. The van der Waals surface area contributed by atoms with Crippen LogP contribution in [0.25, 0.3) is 10.6 Å². The van der Waals surface area contributed by atoms with Gasteiger partial charge in [0, 0.05) is 41.2 Å². The van der Waals surface area contributed by atoms with Crippen molar-refractivity contribution < 1.29 is 9.72 Å². The summed E-state index contributed by atoms with van der Waals surface area (Å²) in [5.41, 5.74) is 1.27. The van der Waals surface area contributed by atoms with E-state index in [1.165, 1.54) is 35.6 Å². The lowest BCUT2D eigenvalue weighted by Crippen LogP contribution is -2.19. The van der Waals surface area contributed by atoms with Crippen LogP contribution in [0.2, 0.25) is 0 Å². The highest BCUT2D eigenvalue weighted by atomic mass is 32.1. The number of pyridine rings is 1. The molecule has 9 heteroatoms.